The van der Waals surface area contributed by atoms with Crippen molar-refractivity contribution in [1.29, 1.82) is 0 Å². The first-order valence-electron chi connectivity index (χ1n) is 8.12. The van der Waals surface area contributed by atoms with E-state index in [0.29, 0.717) is 11.3 Å². The van der Waals surface area contributed by atoms with Crippen molar-refractivity contribution in [3.05, 3.63) is 59.7 Å². The Kier molecular flexibility index (Phi) is 6.28. The highest BCUT2D eigenvalue weighted by Gasteiger charge is 2.17. The van der Waals surface area contributed by atoms with Crippen molar-refractivity contribution in [2.24, 2.45) is 0 Å². The normalized spacial score (nSPS) is 11.4. The summed E-state index contributed by atoms with van der Waals surface area (Å²) in [6.45, 7) is 1.94. The number of nitrogens with one attached hydrogen (secondary N) is 1. The van der Waals surface area contributed by atoms with Gasteiger partial charge in [-0.3, -0.25) is 9.59 Å². The van der Waals surface area contributed by atoms with E-state index in [0.717, 1.165) is 9.87 Å². The van der Waals surface area contributed by atoms with Crippen molar-refractivity contribution in [2.45, 2.75) is 24.7 Å². The highest BCUT2D eigenvalue weighted by atomic mass is 32.2. The molecule has 0 bridgehead atoms. The van der Waals surface area contributed by atoms with Gasteiger partial charge in [-0.2, -0.15) is 0 Å². The predicted octanol–water partition coefficient (Wildman–Crippen LogP) is 2.85. The molecule has 26 heavy (non-hydrogen) atoms. The maximum atomic E-state index is 12.1. The zero-order valence-electron chi connectivity index (χ0n) is 15.0. The standard InChI is InChI=1S/C19H22N2O4S/c1-14-4-6-15(7-5-14)18(22)12-13-19(23)20-16-8-10-17(11-9-16)26(24,25)21(2)3/h4-11H,12-13H2,1-3H3,(H,20,23). The van der Waals surface area contributed by atoms with Gasteiger partial charge in [-0.15, -0.1) is 0 Å². The molecule has 2 aromatic carbocycles. The molecule has 7 heteroatoms. The summed E-state index contributed by atoms with van der Waals surface area (Å²) >= 11 is 0. The Hall–Kier alpha value is -2.51. The Balaban J connectivity index is 1.91. The number of carbonyl (C=O) groups excluding carboxylic acids is 2. The van der Waals surface area contributed by atoms with E-state index in [2.05, 4.69) is 5.32 Å². The third kappa shape index (κ3) is 5.00. The lowest BCUT2D eigenvalue weighted by Crippen LogP contribution is -2.22. The van der Waals surface area contributed by atoms with E-state index in [1.807, 2.05) is 19.1 Å². The predicted molar refractivity (Wildman–Crippen MR) is 101 cm³/mol. The van der Waals surface area contributed by atoms with Gasteiger partial charge in [-0.05, 0) is 31.2 Å². The van der Waals surface area contributed by atoms with Crippen LogP contribution in [0, 0.1) is 6.92 Å². The van der Waals surface area contributed by atoms with Gasteiger partial charge in [0.05, 0.1) is 4.90 Å². The summed E-state index contributed by atoms with van der Waals surface area (Å²) in [6.07, 6.45) is 0.173. The van der Waals surface area contributed by atoms with Gasteiger partial charge in [0.2, 0.25) is 15.9 Å². The molecule has 0 unspecified atom stereocenters. The Morgan fingerprint density at radius 1 is 0.923 bits per heavy atom. The van der Waals surface area contributed by atoms with Crippen LogP contribution in [0.15, 0.2) is 53.4 Å². The second-order valence-electron chi connectivity index (χ2n) is 6.15. The van der Waals surface area contributed by atoms with Crippen LogP contribution in [0.4, 0.5) is 5.69 Å². The number of aryl methyl sites for hydroxylation is 1. The Labute approximate surface area is 153 Å². The second kappa shape index (κ2) is 8.25. The molecule has 0 radical (unpaired) electrons. The Bertz CT molecular complexity index is 886. The van der Waals surface area contributed by atoms with E-state index < -0.39 is 10.0 Å². The molecule has 0 spiro atoms. The molecule has 138 valence electrons. The summed E-state index contributed by atoms with van der Waals surface area (Å²) in [5.74, 6) is -0.388. The van der Waals surface area contributed by atoms with Crippen molar-refractivity contribution in [3.8, 4) is 0 Å². The molecule has 2 aromatic rings. The van der Waals surface area contributed by atoms with Gasteiger partial charge < -0.3 is 5.32 Å². The molecule has 0 heterocycles. The number of ketones is 1. The molecule has 6 nitrogen and oxygen atoms in total. The van der Waals surface area contributed by atoms with E-state index in [4.69, 9.17) is 0 Å². The van der Waals surface area contributed by atoms with Gasteiger partial charge >= 0.3 is 0 Å². The fourth-order valence-corrected chi connectivity index (χ4v) is 3.16. The van der Waals surface area contributed by atoms with E-state index in [1.165, 1.54) is 38.4 Å². The summed E-state index contributed by atoms with van der Waals surface area (Å²) in [4.78, 5) is 24.2. The number of carbonyl (C=O) groups is 2. The maximum Gasteiger partial charge on any atom is 0.242 e. The lowest BCUT2D eigenvalue weighted by atomic mass is 10.0. The zero-order valence-corrected chi connectivity index (χ0v) is 15.8. The molecule has 0 atom stereocenters. The average molecular weight is 374 g/mol. The van der Waals surface area contributed by atoms with E-state index >= 15 is 0 Å². The van der Waals surface area contributed by atoms with Gasteiger partial charge in [0.15, 0.2) is 5.78 Å². The van der Waals surface area contributed by atoms with E-state index in [-0.39, 0.29) is 29.4 Å². The van der Waals surface area contributed by atoms with Crippen molar-refractivity contribution in [3.63, 3.8) is 0 Å². The van der Waals surface area contributed by atoms with Crippen molar-refractivity contribution in [2.75, 3.05) is 19.4 Å². The quantitative estimate of drug-likeness (QED) is 0.756. The lowest BCUT2D eigenvalue weighted by molar-refractivity contribution is -0.116. The van der Waals surface area contributed by atoms with Gasteiger partial charge in [0, 0.05) is 38.2 Å². The highest BCUT2D eigenvalue weighted by molar-refractivity contribution is 7.89. The van der Waals surface area contributed by atoms with Crippen LogP contribution in [-0.2, 0) is 14.8 Å². The number of sulfonamides is 1. The molecule has 0 saturated carbocycles. The van der Waals surface area contributed by atoms with Crippen LogP contribution in [0.5, 0.6) is 0 Å². The molecule has 0 aliphatic heterocycles. The number of amides is 1. The second-order valence-corrected chi connectivity index (χ2v) is 8.30. The molecule has 1 N–H and O–H groups in total. The van der Waals surface area contributed by atoms with Crippen LogP contribution >= 0.6 is 0 Å². The first kappa shape index (κ1) is 19.8. The van der Waals surface area contributed by atoms with Crippen LogP contribution in [0.3, 0.4) is 0 Å². The molecular weight excluding hydrogens is 352 g/mol. The zero-order chi connectivity index (χ0) is 19.3. The van der Waals surface area contributed by atoms with E-state index in [9.17, 15) is 18.0 Å². The van der Waals surface area contributed by atoms with Crippen LogP contribution in [0.25, 0.3) is 0 Å². The first-order chi connectivity index (χ1) is 12.2. The number of nitrogens with zero attached hydrogens (tertiary/aromatic N) is 1. The fraction of sp³-hybridized carbons (Fsp3) is 0.263. The third-order valence-corrected chi connectivity index (χ3v) is 5.70. The van der Waals surface area contributed by atoms with Crippen molar-refractivity contribution in [1.82, 2.24) is 4.31 Å². The van der Waals surface area contributed by atoms with Gasteiger partial charge in [0.1, 0.15) is 0 Å². The monoisotopic (exact) mass is 374 g/mol. The molecule has 2 rings (SSSR count). The summed E-state index contributed by atoms with van der Waals surface area (Å²) in [5.41, 5.74) is 2.14. The number of rotatable bonds is 7. The van der Waals surface area contributed by atoms with E-state index in [1.54, 1.807) is 12.1 Å². The first-order valence-corrected chi connectivity index (χ1v) is 9.56. The van der Waals surface area contributed by atoms with Gasteiger partial charge in [-0.1, -0.05) is 29.8 Å². The van der Waals surface area contributed by atoms with Gasteiger partial charge in [-0.25, -0.2) is 12.7 Å². The number of anilines is 1. The number of Topliss-reactive ketones (excluding diaryl/α,β-unsaturated/α-hetero) is 1. The summed E-state index contributed by atoms with van der Waals surface area (Å²) in [5, 5.41) is 2.67. The van der Waals surface area contributed by atoms with Crippen LogP contribution in [-0.4, -0.2) is 38.5 Å². The largest absolute Gasteiger partial charge is 0.326 e. The molecule has 1 amide bonds. The summed E-state index contributed by atoms with van der Waals surface area (Å²) in [7, 11) is -0.592. The van der Waals surface area contributed by atoms with Crippen LogP contribution < -0.4 is 5.32 Å². The SMILES string of the molecule is Cc1ccc(C(=O)CCC(=O)Nc2ccc(S(=O)(=O)N(C)C)cc2)cc1. The van der Waals surface area contributed by atoms with Crippen molar-refractivity contribution >= 4 is 27.4 Å². The fourth-order valence-electron chi connectivity index (χ4n) is 2.26. The molecule has 0 saturated heterocycles. The number of hydrogen-bond donors (Lipinski definition) is 1. The lowest BCUT2D eigenvalue weighted by Gasteiger charge is -2.12. The summed E-state index contributed by atoms with van der Waals surface area (Å²) in [6, 6.07) is 13.1. The highest BCUT2D eigenvalue weighted by Crippen LogP contribution is 2.17. The minimum atomic E-state index is -3.50. The molecule has 0 fully saturated rings. The Morgan fingerprint density at radius 3 is 2.04 bits per heavy atom. The Morgan fingerprint density at radius 2 is 1.50 bits per heavy atom. The maximum absolute atomic E-state index is 12.1. The number of benzene rings is 2. The molecule has 0 aliphatic carbocycles. The molecule has 0 aliphatic rings. The smallest absolute Gasteiger partial charge is 0.242 e. The summed E-state index contributed by atoms with van der Waals surface area (Å²) < 4.78 is 25.1. The van der Waals surface area contributed by atoms with Crippen LogP contribution in [0.1, 0.15) is 28.8 Å². The molecule has 0 aromatic heterocycles. The average Bonchev–Trinajstić information content (AvgIpc) is 2.60. The van der Waals surface area contributed by atoms with Gasteiger partial charge in [0.25, 0.3) is 0 Å². The third-order valence-electron chi connectivity index (χ3n) is 3.87. The minimum Gasteiger partial charge on any atom is -0.326 e. The van der Waals surface area contributed by atoms with Crippen molar-refractivity contribution < 1.29 is 18.0 Å². The number of hydrogen-bond acceptors (Lipinski definition) is 4. The minimum absolute atomic E-state index is 0.0600. The topological polar surface area (TPSA) is 83.5 Å². The van der Waals surface area contributed by atoms with Crippen LogP contribution in [0.2, 0.25) is 0 Å². The molecular formula is C19H22N2O4S.